The summed E-state index contributed by atoms with van der Waals surface area (Å²) in [6, 6.07) is 11.4. The Morgan fingerprint density at radius 2 is 1.81 bits per heavy atom. The van der Waals surface area contributed by atoms with Crippen molar-refractivity contribution in [2.45, 2.75) is 44.6 Å². The fourth-order valence-corrected chi connectivity index (χ4v) is 4.06. The van der Waals surface area contributed by atoms with Crippen LogP contribution in [0.1, 0.15) is 48.9 Å². The summed E-state index contributed by atoms with van der Waals surface area (Å²) in [5.74, 6) is -0.0609. The Balaban J connectivity index is 1.41. The number of amides is 1. The van der Waals surface area contributed by atoms with Crippen molar-refractivity contribution in [3.05, 3.63) is 60.1 Å². The first kappa shape index (κ1) is 19.5. The SMILES string of the molecule is O=C(NC1CCCCCC1)c1ccc2onc(-c3coc(-c4ccc(F)cc4)n3)c2c1. The molecule has 2 aromatic carbocycles. The maximum absolute atomic E-state index is 13.2. The Kier molecular flexibility index (Phi) is 5.24. The lowest BCUT2D eigenvalue weighted by Gasteiger charge is -2.16. The fraction of sp³-hybridized carbons (Fsp3) is 0.292. The van der Waals surface area contributed by atoms with E-state index >= 15 is 0 Å². The molecule has 0 aliphatic heterocycles. The van der Waals surface area contributed by atoms with Gasteiger partial charge in [-0.1, -0.05) is 30.8 Å². The molecule has 0 saturated heterocycles. The second kappa shape index (κ2) is 8.34. The van der Waals surface area contributed by atoms with Crippen LogP contribution in [0.15, 0.2) is 57.7 Å². The lowest BCUT2D eigenvalue weighted by atomic mass is 10.1. The lowest BCUT2D eigenvalue weighted by molar-refractivity contribution is 0.0933. The van der Waals surface area contributed by atoms with Crippen LogP contribution < -0.4 is 5.32 Å². The molecule has 1 aliphatic carbocycles. The molecule has 1 N–H and O–H groups in total. The van der Waals surface area contributed by atoms with Crippen LogP contribution in [0.4, 0.5) is 4.39 Å². The van der Waals surface area contributed by atoms with Gasteiger partial charge in [0.1, 0.15) is 23.5 Å². The molecule has 0 bridgehead atoms. The molecule has 2 heterocycles. The van der Waals surface area contributed by atoms with Gasteiger partial charge in [0.15, 0.2) is 5.58 Å². The molecule has 7 heteroatoms. The molecule has 0 unspecified atom stereocenters. The number of halogens is 1. The Morgan fingerprint density at radius 1 is 1.03 bits per heavy atom. The first-order valence-electron chi connectivity index (χ1n) is 10.6. The Morgan fingerprint density at radius 3 is 2.58 bits per heavy atom. The highest BCUT2D eigenvalue weighted by atomic mass is 19.1. The van der Waals surface area contributed by atoms with Crippen LogP contribution in [0.2, 0.25) is 0 Å². The maximum atomic E-state index is 13.2. The maximum Gasteiger partial charge on any atom is 0.251 e. The number of carbonyl (C=O) groups is 1. The minimum absolute atomic E-state index is 0.0897. The number of oxazole rings is 1. The van der Waals surface area contributed by atoms with Gasteiger partial charge < -0.3 is 14.3 Å². The minimum atomic E-state index is -0.326. The van der Waals surface area contributed by atoms with Crippen molar-refractivity contribution in [2.75, 3.05) is 0 Å². The van der Waals surface area contributed by atoms with E-state index in [0.29, 0.717) is 39.4 Å². The normalized spacial score (nSPS) is 15.1. The van der Waals surface area contributed by atoms with E-state index in [9.17, 15) is 9.18 Å². The number of rotatable bonds is 4. The first-order chi connectivity index (χ1) is 15.2. The Bertz CT molecular complexity index is 1200. The summed E-state index contributed by atoms with van der Waals surface area (Å²) in [5.41, 5.74) is 2.76. The molecule has 1 saturated carbocycles. The van der Waals surface area contributed by atoms with Crippen molar-refractivity contribution in [1.29, 1.82) is 0 Å². The molecule has 0 radical (unpaired) electrons. The quantitative estimate of drug-likeness (QED) is 0.427. The van der Waals surface area contributed by atoms with E-state index in [1.807, 2.05) is 0 Å². The predicted molar refractivity (Wildman–Crippen MR) is 114 cm³/mol. The molecule has 6 nitrogen and oxygen atoms in total. The van der Waals surface area contributed by atoms with Crippen LogP contribution in [0.3, 0.4) is 0 Å². The van der Waals surface area contributed by atoms with Crippen LogP contribution in [0, 0.1) is 5.82 Å². The molecule has 1 fully saturated rings. The van der Waals surface area contributed by atoms with Gasteiger partial charge in [-0.3, -0.25) is 4.79 Å². The van der Waals surface area contributed by atoms with E-state index in [2.05, 4.69) is 15.5 Å². The number of fused-ring (bicyclic) bond motifs is 1. The summed E-state index contributed by atoms with van der Waals surface area (Å²) in [5, 5.41) is 7.98. The molecule has 1 amide bonds. The van der Waals surface area contributed by atoms with Gasteiger partial charge in [-0.15, -0.1) is 0 Å². The number of hydrogen-bond donors (Lipinski definition) is 1. The van der Waals surface area contributed by atoms with E-state index < -0.39 is 0 Å². The number of benzene rings is 2. The zero-order chi connectivity index (χ0) is 21.2. The van der Waals surface area contributed by atoms with E-state index in [-0.39, 0.29) is 17.8 Å². The van der Waals surface area contributed by atoms with E-state index in [1.165, 1.54) is 31.2 Å². The Labute approximate surface area is 178 Å². The van der Waals surface area contributed by atoms with Crippen LogP contribution in [-0.2, 0) is 0 Å². The third kappa shape index (κ3) is 4.08. The monoisotopic (exact) mass is 419 g/mol. The topological polar surface area (TPSA) is 81.2 Å². The van der Waals surface area contributed by atoms with Gasteiger partial charge >= 0.3 is 0 Å². The standard InChI is InChI=1S/C24H22FN3O3/c25-17-10-7-15(8-11-17)24-27-20(14-30-24)22-19-13-16(9-12-21(19)31-28-22)23(29)26-18-5-3-1-2-4-6-18/h7-14,18H,1-6H2,(H,26,29). The van der Waals surface area contributed by atoms with Crippen molar-refractivity contribution in [3.8, 4) is 22.8 Å². The number of nitrogens with zero attached hydrogens (tertiary/aromatic N) is 2. The highest BCUT2D eigenvalue weighted by Gasteiger charge is 2.19. The summed E-state index contributed by atoms with van der Waals surface area (Å²) in [6.07, 6.45) is 8.31. The predicted octanol–water partition coefficient (Wildman–Crippen LogP) is 5.74. The van der Waals surface area contributed by atoms with Crippen LogP contribution in [0.25, 0.3) is 33.8 Å². The number of aromatic nitrogens is 2. The third-order valence-corrected chi connectivity index (χ3v) is 5.76. The highest BCUT2D eigenvalue weighted by Crippen LogP contribution is 2.30. The molecular weight excluding hydrogens is 397 g/mol. The largest absolute Gasteiger partial charge is 0.444 e. The van der Waals surface area contributed by atoms with E-state index in [1.54, 1.807) is 30.3 Å². The first-order valence-corrected chi connectivity index (χ1v) is 10.6. The average molecular weight is 419 g/mol. The fourth-order valence-electron chi connectivity index (χ4n) is 4.06. The minimum Gasteiger partial charge on any atom is -0.444 e. The van der Waals surface area contributed by atoms with Gasteiger partial charge in [0.2, 0.25) is 5.89 Å². The molecule has 158 valence electrons. The molecule has 4 aromatic rings. The zero-order valence-corrected chi connectivity index (χ0v) is 16.9. The molecule has 31 heavy (non-hydrogen) atoms. The average Bonchev–Trinajstić information content (AvgIpc) is 3.35. The van der Waals surface area contributed by atoms with Gasteiger partial charge in [0, 0.05) is 17.2 Å². The number of carbonyl (C=O) groups excluding carboxylic acids is 1. The van der Waals surface area contributed by atoms with Crippen LogP contribution in [-0.4, -0.2) is 22.1 Å². The highest BCUT2D eigenvalue weighted by molar-refractivity contribution is 6.00. The summed E-state index contributed by atoms with van der Waals surface area (Å²) in [7, 11) is 0. The number of nitrogens with one attached hydrogen (secondary N) is 1. The van der Waals surface area contributed by atoms with Crippen molar-refractivity contribution in [1.82, 2.24) is 15.5 Å². The summed E-state index contributed by atoms with van der Waals surface area (Å²) in [6.45, 7) is 0. The molecule has 2 aromatic heterocycles. The summed E-state index contributed by atoms with van der Waals surface area (Å²) >= 11 is 0. The van der Waals surface area contributed by atoms with Gasteiger partial charge in [0.25, 0.3) is 5.91 Å². The van der Waals surface area contributed by atoms with Crippen molar-refractivity contribution >= 4 is 16.9 Å². The van der Waals surface area contributed by atoms with Gasteiger partial charge in [0.05, 0.1) is 5.39 Å². The summed E-state index contributed by atoms with van der Waals surface area (Å²) < 4.78 is 24.2. The molecular formula is C24H22FN3O3. The second-order valence-corrected chi connectivity index (χ2v) is 7.95. The molecule has 0 spiro atoms. The summed E-state index contributed by atoms with van der Waals surface area (Å²) in [4.78, 5) is 17.3. The molecule has 0 atom stereocenters. The van der Waals surface area contributed by atoms with Crippen LogP contribution >= 0.6 is 0 Å². The van der Waals surface area contributed by atoms with Crippen molar-refractivity contribution in [2.24, 2.45) is 0 Å². The van der Waals surface area contributed by atoms with E-state index in [0.717, 1.165) is 25.7 Å². The second-order valence-electron chi connectivity index (χ2n) is 7.95. The van der Waals surface area contributed by atoms with Gasteiger partial charge in [-0.2, -0.15) is 0 Å². The van der Waals surface area contributed by atoms with Crippen LogP contribution in [0.5, 0.6) is 0 Å². The van der Waals surface area contributed by atoms with Gasteiger partial charge in [-0.05, 0) is 55.3 Å². The van der Waals surface area contributed by atoms with Crippen molar-refractivity contribution in [3.63, 3.8) is 0 Å². The van der Waals surface area contributed by atoms with Gasteiger partial charge in [-0.25, -0.2) is 9.37 Å². The smallest absolute Gasteiger partial charge is 0.251 e. The van der Waals surface area contributed by atoms with E-state index in [4.69, 9.17) is 8.94 Å². The lowest BCUT2D eigenvalue weighted by Crippen LogP contribution is -2.34. The molecule has 1 aliphatic rings. The zero-order valence-electron chi connectivity index (χ0n) is 16.9. The third-order valence-electron chi connectivity index (χ3n) is 5.76. The number of hydrogen-bond acceptors (Lipinski definition) is 5. The van der Waals surface area contributed by atoms with Crippen molar-refractivity contribution < 1.29 is 18.1 Å². The Hall–Kier alpha value is -3.48. The molecule has 5 rings (SSSR count).